The summed E-state index contributed by atoms with van der Waals surface area (Å²) < 4.78 is 0. The molecule has 0 radical (unpaired) electrons. The minimum atomic E-state index is -0.0752. The Morgan fingerprint density at radius 3 is 2.40 bits per heavy atom. The highest BCUT2D eigenvalue weighted by Gasteiger charge is 2.28. The van der Waals surface area contributed by atoms with Crippen LogP contribution in [-0.2, 0) is 9.59 Å². The van der Waals surface area contributed by atoms with Crippen LogP contribution in [0.4, 0.5) is 5.69 Å². The van der Waals surface area contributed by atoms with E-state index < -0.39 is 0 Å². The van der Waals surface area contributed by atoms with E-state index >= 15 is 0 Å². The highest BCUT2D eigenvalue weighted by molar-refractivity contribution is 5.91. The average molecular weight is 346 g/mol. The lowest BCUT2D eigenvalue weighted by Gasteiger charge is -2.34. The number of anilines is 1. The fourth-order valence-corrected chi connectivity index (χ4v) is 3.50. The quantitative estimate of drug-likeness (QED) is 0.729. The lowest BCUT2D eigenvalue weighted by Crippen LogP contribution is -3.11. The van der Waals surface area contributed by atoms with Crippen molar-refractivity contribution in [1.82, 2.24) is 5.32 Å². The van der Waals surface area contributed by atoms with Crippen molar-refractivity contribution in [1.29, 1.82) is 0 Å². The third kappa shape index (κ3) is 6.16. The summed E-state index contributed by atoms with van der Waals surface area (Å²) in [6.45, 7) is 7.09. The van der Waals surface area contributed by atoms with Crippen LogP contribution in [0.1, 0.15) is 38.7 Å². The van der Waals surface area contributed by atoms with E-state index in [0.29, 0.717) is 18.4 Å². The van der Waals surface area contributed by atoms with Crippen LogP contribution in [0.3, 0.4) is 0 Å². The van der Waals surface area contributed by atoms with Crippen LogP contribution < -0.4 is 15.5 Å². The van der Waals surface area contributed by atoms with Crippen LogP contribution in [0.25, 0.3) is 0 Å². The van der Waals surface area contributed by atoms with Crippen molar-refractivity contribution >= 4 is 17.5 Å². The van der Waals surface area contributed by atoms with Gasteiger partial charge in [-0.15, -0.1) is 0 Å². The third-order valence-corrected chi connectivity index (χ3v) is 5.31. The summed E-state index contributed by atoms with van der Waals surface area (Å²) in [4.78, 5) is 25.3. The lowest BCUT2D eigenvalue weighted by atomic mass is 9.78. The molecule has 3 N–H and O–H groups in total. The normalized spacial score (nSPS) is 24.4. The number of hydrogen-bond donors (Lipinski definition) is 3. The first-order valence-corrected chi connectivity index (χ1v) is 9.32. The topological polar surface area (TPSA) is 62.6 Å². The molecule has 4 atom stereocenters. The largest absolute Gasteiger partial charge is 0.348 e. The van der Waals surface area contributed by atoms with Gasteiger partial charge in [-0.2, -0.15) is 0 Å². The van der Waals surface area contributed by atoms with Crippen LogP contribution in [-0.4, -0.2) is 38.0 Å². The molecule has 1 aromatic rings. The van der Waals surface area contributed by atoms with Gasteiger partial charge in [0.2, 0.25) is 0 Å². The maximum atomic E-state index is 12.3. The van der Waals surface area contributed by atoms with E-state index in [0.717, 1.165) is 22.6 Å². The van der Waals surface area contributed by atoms with E-state index in [9.17, 15) is 9.59 Å². The molecule has 5 nitrogen and oxygen atoms in total. The number of hydrogen-bond acceptors (Lipinski definition) is 2. The van der Waals surface area contributed by atoms with E-state index in [1.54, 1.807) is 0 Å². The molecule has 0 aromatic heterocycles. The van der Waals surface area contributed by atoms with Gasteiger partial charge in [0.25, 0.3) is 11.8 Å². The van der Waals surface area contributed by atoms with E-state index in [2.05, 4.69) is 24.5 Å². The van der Waals surface area contributed by atoms with Gasteiger partial charge < -0.3 is 15.5 Å². The summed E-state index contributed by atoms with van der Waals surface area (Å²) in [5.41, 5.74) is 1.95. The highest BCUT2D eigenvalue weighted by Crippen LogP contribution is 2.29. The summed E-state index contributed by atoms with van der Waals surface area (Å²) >= 11 is 0. The molecule has 1 unspecified atom stereocenters. The Labute approximate surface area is 151 Å². The van der Waals surface area contributed by atoms with Crippen molar-refractivity contribution in [3.63, 3.8) is 0 Å². The van der Waals surface area contributed by atoms with Crippen molar-refractivity contribution in [3.05, 3.63) is 29.8 Å². The van der Waals surface area contributed by atoms with Gasteiger partial charge in [0.15, 0.2) is 13.1 Å². The summed E-state index contributed by atoms with van der Waals surface area (Å²) in [5.74, 6) is 1.13. The predicted octanol–water partition coefficient (Wildman–Crippen LogP) is 1.39. The molecule has 1 fully saturated rings. The van der Waals surface area contributed by atoms with Crippen molar-refractivity contribution in [3.8, 4) is 0 Å². The first kappa shape index (κ1) is 19.4. The SMILES string of the molecule is Cc1ccc(NC(=O)C[NH+](C)CC(=O)N[C@@H]2CCC[C@H](C)[C@H]2C)cc1. The zero-order valence-corrected chi connectivity index (χ0v) is 15.9. The van der Waals surface area contributed by atoms with Crippen LogP contribution in [0, 0.1) is 18.8 Å². The molecular formula is C20H32N3O2+. The summed E-state index contributed by atoms with van der Waals surface area (Å²) in [6, 6.07) is 7.98. The molecule has 2 rings (SSSR count). The van der Waals surface area contributed by atoms with Crippen molar-refractivity contribution in [2.75, 3.05) is 25.5 Å². The Morgan fingerprint density at radius 1 is 1.08 bits per heavy atom. The second-order valence-corrected chi connectivity index (χ2v) is 7.67. The fraction of sp³-hybridized carbons (Fsp3) is 0.600. The van der Waals surface area contributed by atoms with E-state index in [4.69, 9.17) is 0 Å². The zero-order valence-electron chi connectivity index (χ0n) is 15.9. The molecule has 138 valence electrons. The number of nitrogens with one attached hydrogen (secondary N) is 3. The second-order valence-electron chi connectivity index (χ2n) is 7.67. The Kier molecular flexibility index (Phi) is 7.00. The monoisotopic (exact) mass is 346 g/mol. The summed E-state index contributed by atoms with van der Waals surface area (Å²) in [7, 11) is 1.88. The molecule has 0 spiro atoms. The second kappa shape index (κ2) is 8.99. The van der Waals surface area contributed by atoms with Gasteiger partial charge in [-0.05, 0) is 37.3 Å². The van der Waals surface area contributed by atoms with Crippen LogP contribution in [0.5, 0.6) is 0 Å². The molecule has 0 aliphatic heterocycles. The number of benzene rings is 1. The first-order chi connectivity index (χ1) is 11.8. The Bertz CT molecular complexity index is 585. The summed E-state index contributed by atoms with van der Waals surface area (Å²) in [5, 5.41) is 6.04. The third-order valence-electron chi connectivity index (χ3n) is 5.31. The van der Waals surface area contributed by atoms with Gasteiger partial charge in [0, 0.05) is 11.7 Å². The molecule has 1 aromatic carbocycles. The number of quaternary nitrogens is 1. The number of carbonyl (C=O) groups excluding carboxylic acids is 2. The number of aryl methyl sites for hydroxylation is 1. The number of rotatable bonds is 6. The van der Waals surface area contributed by atoms with Gasteiger partial charge in [0.05, 0.1) is 7.05 Å². The Morgan fingerprint density at radius 2 is 1.72 bits per heavy atom. The molecule has 0 bridgehead atoms. The summed E-state index contributed by atoms with van der Waals surface area (Å²) in [6.07, 6.45) is 3.49. The Hall–Kier alpha value is -1.88. The van der Waals surface area contributed by atoms with Gasteiger partial charge in [-0.1, -0.05) is 44.4 Å². The van der Waals surface area contributed by atoms with Crippen molar-refractivity contribution in [2.45, 2.75) is 46.1 Å². The molecule has 0 saturated heterocycles. The molecule has 1 saturated carbocycles. The maximum absolute atomic E-state index is 12.3. The van der Waals surface area contributed by atoms with Crippen LogP contribution in [0.15, 0.2) is 24.3 Å². The van der Waals surface area contributed by atoms with Crippen molar-refractivity contribution in [2.24, 2.45) is 11.8 Å². The van der Waals surface area contributed by atoms with Gasteiger partial charge in [-0.25, -0.2) is 0 Å². The van der Waals surface area contributed by atoms with Gasteiger partial charge in [0.1, 0.15) is 0 Å². The smallest absolute Gasteiger partial charge is 0.279 e. The van der Waals surface area contributed by atoms with E-state index in [-0.39, 0.29) is 24.4 Å². The van der Waals surface area contributed by atoms with Gasteiger partial charge >= 0.3 is 0 Å². The van der Waals surface area contributed by atoms with Crippen LogP contribution >= 0.6 is 0 Å². The minimum Gasteiger partial charge on any atom is -0.348 e. The standard InChI is InChI=1S/C20H31N3O2/c1-14-8-10-17(11-9-14)21-19(24)12-23(4)13-20(25)22-18-7-5-6-15(2)16(18)3/h8-11,15-16,18H,5-7,12-13H2,1-4H3,(H,21,24)(H,22,25)/p+1/t15-,16+,18+/m0/s1. The molecule has 1 aliphatic rings. The molecule has 0 heterocycles. The highest BCUT2D eigenvalue weighted by atomic mass is 16.2. The molecule has 5 heteroatoms. The van der Waals surface area contributed by atoms with E-state index in [1.807, 2.05) is 38.2 Å². The molecule has 2 amide bonds. The number of amides is 2. The molecule has 1 aliphatic carbocycles. The first-order valence-electron chi connectivity index (χ1n) is 9.32. The average Bonchev–Trinajstić information content (AvgIpc) is 2.53. The molecular weight excluding hydrogens is 314 g/mol. The fourth-order valence-electron chi connectivity index (χ4n) is 3.50. The van der Waals surface area contributed by atoms with Crippen molar-refractivity contribution < 1.29 is 14.5 Å². The number of likely N-dealkylation sites (N-methyl/N-ethyl adjacent to an activating group) is 1. The predicted molar refractivity (Wildman–Crippen MR) is 101 cm³/mol. The minimum absolute atomic E-state index is 0.0339. The van der Waals surface area contributed by atoms with Gasteiger partial charge in [-0.3, -0.25) is 9.59 Å². The number of carbonyl (C=O) groups is 2. The van der Waals surface area contributed by atoms with Crippen LogP contribution in [0.2, 0.25) is 0 Å². The lowest BCUT2D eigenvalue weighted by molar-refractivity contribution is -0.862. The zero-order chi connectivity index (χ0) is 18.4. The molecule has 25 heavy (non-hydrogen) atoms. The van der Waals surface area contributed by atoms with E-state index in [1.165, 1.54) is 12.8 Å². The Balaban J connectivity index is 1.75. The maximum Gasteiger partial charge on any atom is 0.279 e.